The molecule has 1 atom stereocenters. The van der Waals surface area contributed by atoms with Crippen molar-refractivity contribution in [2.24, 2.45) is 0 Å². The summed E-state index contributed by atoms with van der Waals surface area (Å²) in [4.78, 5) is 2.51. The van der Waals surface area contributed by atoms with E-state index in [4.69, 9.17) is 0 Å². The van der Waals surface area contributed by atoms with E-state index in [9.17, 15) is 0 Å². The normalized spacial score (nSPS) is 15.0. The minimum Gasteiger partial charge on any atom is -0.309 e. The van der Waals surface area contributed by atoms with E-state index < -0.39 is 10.8 Å². The molecule has 0 N–H and O–H groups in total. The van der Waals surface area contributed by atoms with E-state index in [1.54, 1.807) is 0 Å². The molecule has 0 fully saturated rings. The van der Waals surface area contributed by atoms with Crippen LogP contribution in [0.1, 0.15) is 44.5 Å². The van der Waals surface area contributed by atoms with Gasteiger partial charge >= 0.3 is 0 Å². The Morgan fingerprint density at radius 2 is 0.816 bits per heavy atom. The lowest BCUT2D eigenvalue weighted by atomic mass is 9.65. The van der Waals surface area contributed by atoms with Crippen molar-refractivity contribution < 1.29 is 0 Å². The fraction of sp³-hybridized carbons (Fsp3) is 0.0270. The molecule has 12 aromatic carbocycles. The van der Waals surface area contributed by atoms with Gasteiger partial charge in [0.25, 0.3) is 0 Å². The zero-order valence-corrected chi connectivity index (χ0v) is 41.6. The van der Waals surface area contributed by atoms with Gasteiger partial charge in [0.15, 0.2) is 0 Å². The van der Waals surface area contributed by atoms with Crippen LogP contribution in [0.25, 0.3) is 72.0 Å². The van der Waals surface area contributed by atoms with Crippen LogP contribution >= 0.6 is 0 Å². The number of fused-ring (bicyclic) bond motifs is 15. The molecule has 2 aliphatic carbocycles. The van der Waals surface area contributed by atoms with Crippen LogP contribution in [0.4, 0.5) is 17.1 Å². The third kappa shape index (κ3) is 5.70. The largest absolute Gasteiger partial charge is 0.309 e. The maximum atomic E-state index is 2.52. The fourth-order valence-electron chi connectivity index (χ4n) is 14.1. The number of anilines is 3. The molecule has 0 bridgehead atoms. The summed E-state index contributed by atoms with van der Waals surface area (Å²) < 4.78 is 2.52. The Hall–Kier alpha value is -9.76. The van der Waals surface area contributed by atoms with Crippen LogP contribution in [0.15, 0.2) is 291 Å². The molecule has 3 aliphatic rings. The Labute approximate surface area is 442 Å². The first-order chi connectivity index (χ1) is 37.7. The molecule has 1 spiro atoms. The number of rotatable bonds is 7. The number of hydrogen-bond donors (Lipinski definition) is 0. The molecule has 0 saturated carbocycles. The molecule has 1 aliphatic heterocycles. The van der Waals surface area contributed by atoms with Crippen LogP contribution in [0, 0.1) is 0 Å². The lowest BCUT2D eigenvalue weighted by molar-refractivity contribution is 0.749. The highest BCUT2D eigenvalue weighted by molar-refractivity contribution is 6.13. The van der Waals surface area contributed by atoms with Gasteiger partial charge in [0.1, 0.15) is 0 Å². The van der Waals surface area contributed by atoms with E-state index in [2.05, 4.69) is 301 Å². The molecular weight excluding hydrogens is 917 g/mol. The van der Waals surface area contributed by atoms with E-state index in [1.807, 2.05) is 0 Å². The smallest absolute Gasteiger partial charge is 0.0754 e. The average molecular weight is 965 g/mol. The van der Waals surface area contributed by atoms with E-state index in [-0.39, 0.29) is 0 Å². The first-order valence-electron chi connectivity index (χ1n) is 26.5. The summed E-state index contributed by atoms with van der Waals surface area (Å²) in [5.41, 5.74) is 26.1. The van der Waals surface area contributed by atoms with Gasteiger partial charge in [-0.15, -0.1) is 0 Å². The summed E-state index contributed by atoms with van der Waals surface area (Å²) >= 11 is 0. The molecule has 2 heterocycles. The van der Waals surface area contributed by atoms with Crippen molar-refractivity contribution in [3.8, 4) is 50.2 Å². The zero-order valence-electron chi connectivity index (χ0n) is 41.6. The van der Waals surface area contributed by atoms with Crippen LogP contribution in [0.2, 0.25) is 0 Å². The molecule has 0 amide bonds. The Morgan fingerprint density at radius 3 is 1.58 bits per heavy atom. The SMILES string of the molecule is c1ccc(-c2ccccc2N(c2ccc(-c3ccc4c(c3)C3(c5ccccc5-4)c4ccccc4-n4c5ccccc5c5cccc3c54)cc2)c2cccc3c2-c2ccccc2C3(c2ccccc2)c2ccccc2)cc1. The maximum absolute atomic E-state index is 2.52. The summed E-state index contributed by atoms with van der Waals surface area (Å²) in [6, 6.07) is 109. The van der Waals surface area contributed by atoms with Gasteiger partial charge in [0.05, 0.1) is 38.9 Å². The summed E-state index contributed by atoms with van der Waals surface area (Å²) in [5, 5.41) is 2.57. The number of nitrogens with zero attached hydrogens (tertiary/aromatic N) is 2. The van der Waals surface area contributed by atoms with Crippen LogP contribution in [-0.2, 0) is 10.8 Å². The second kappa shape index (κ2) is 16.4. The molecule has 1 unspecified atom stereocenters. The van der Waals surface area contributed by atoms with Crippen LogP contribution in [0.3, 0.4) is 0 Å². The highest BCUT2D eigenvalue weighted by Gasteiger charge is 2.51. The molecule has 0 radical (unpaired) electrons. The first-order valence-corrected chi connectivity index (χ1v) is 26.5. The van der Waals surface area contributed by atoms with E-state index in [1.165, 1.54) is 117 Å². The van der Waals surface area contributed by atoms with Gasteiger partial charge in [-0.3, -0.25) is 0 Å². The summed E-state index contributed by atoms with van der Waals surface area (Å²) in [7, 11) is 0. The number of aromatic nitrogens is 1. The molecule has 0 saturated heterocycles. The maximum Gasteiger partial charge on any atom is 0.0754 e. The van der Waals surface area contributed by atoms with Crippen molar-refractivity contribution in [2.45, 2.75) is 10.8 Å². The van der Waals surface area contributed by atoms with E-state index in [0.29, 0.717) is 0 Å². The van der Waals surface area contributed by atoms with E-state index in [0.717, 1.165) is 17.1 Å². The predicted octanol–water partition coefficient (Wildman–Crippen LogP) is 18.6. The van der Waals surface area contributed by atoms with Gasteiger partial charge in [-0.05, 0) is 120 Å². The molecular formula is C74H48N2. The Kier molecular flexibility index (Phi) is 9.20. The van der Waals surface area contributed by atoms with Crippen molar-refractivity contribution in [1.82, 2.24) is 4.57 Å². The van der Waals surface area contributed by atoms with Gasteiger partial charge in [-0.25, -0.2) is 0 Å². The van der Waals surface area contributed by atoms with Crippen LogP contribution < -0.4 is 4.90 Å². The Balaban J connectivity index is 0.907. The number of para-hydroxylation sites is 4. The molecule has 13 aromatic rings. The molecule has 354 valence electrons. The summed E-state index contributed by atoms with van der Waals surface area (Å²) in [5.74, 6) is 0. The van der Waals surface area contributed by atoms with Gasteiger partial charge in [-0.1, -0.05) is 249 Å². The molecule has 2 heteroatoms. The monoisotopic (exact) mass is 964 g/mol. The van der Waals surface area contributed by atoms with Gasteiger partial charge < -0.3 is 9.47 Å². The Bertz CT molecular complexity index is 4410. The molecule has 1 aromatic heterocycles. The lowest BCUT2D eigenvalue weighted by Crippen LogP contribution is -2.33. The second-order valence-corrected chi connectivity index (χ2v) is 20.6. The topological polar surface area (TPSA) is 8.17 Å². The average Bonchev–Trinajstić information content (AvgIpc) is 4.30. The minimum atomic E-state index is -0.537. The number of hydrogen-bond acceptors (Lipinski definition) is 1. The molecule has 2 nitrogen and oxygen atoms in total. The summed E-state index contributed by atoms with van der Waals surface area (Å²) in [6.07, 6.45) is 0. The van der Waals surface area contributed by atoms with Crippen molar-refractivity contribution in [1.29, 1.82) is 0 Å². The molecule has 16 rings (SSSR count). The quantitative estimate of drug-likeness (QED) is 0.155. The number of benzene rings is 12. The standard InChI is InChI=1S/C74H48N2/c1-4-22-50(23-5-1)55-28-12-17-38-67(55)75(70-41-21-36-64-71(70)60-31-11-15-34-62(60)73(64,52-24-6-2-7-25-52)53-26-8-3-9-27-53)54-45-42-49(43-46-54)51-44-47-57-56-29-10-14-33-61(56)74(66(57)48-51)63-35-16-19-40-69(63)76-68-39-18-13-30-58(68)59-32-20-37-65(74)72(59)76/h1-48H. The predicted molar refractivity (Wildman–Crippen MR) is 315 cm³/mol. The van der Waals surface area contributed by atoms with Gasteiger partial charge in [0, 0.05) is 27.6 Å². The highest BCUT2D eigenvalue weighted by atomic mass is 15.1. The third-order valence-electron chi connectivity index (χ3n) is 17.1. The van der Waals surface area contributed by atoms with Crippen LogP contribution in [0.5, 0.6) is 0 Å². The first kappa shape index (κ1) is 42.7. The van der Waals surface area contributed by atoms with Gasteiger partial charge in [0.2, 0.25) is 0 Å². The van der Waals surface area contributed by atoms with Crippen molar-refractivity contribution >= 4 is 38.9 Å². The third-order valence-corrected chi connectivity index (χ3v) is 17.1. The lowest BCUT2D eigenvalue weighted by Gasteiger charge is -2.39. The van der Waals surface area contributed by atoms with Crippen molar-refractivity contribution in [3.05, 3.63) is 336 Å². The Morgan fingerprint density at radius 1 is 0.289 bits per heavy atom. The van der Waals surface area contributed by atoms with Crippen molar-refractivity contribution in [3.63, 3.8) is 0 Å². The van der Waals surface area contributed by atoms with Crippen molar-refractivity contribution in [2.75, 3.05) is 4.90 Å². The zero-order chi connectivity index (χ0) is 50.0. The van der Waals surface area contributed by atoms with Crippen LogP contribution in [-0.4, -0.2) is 4.57 Å². The molecule has 76 heavy (non-hydrogen) atoms. The second-order valence-electron chi connectivity index (χ2n) is 20.6. The summed E-state index contributed by atoms with van der Waals surface area (Å²) in [6.45, 7) is 0. The highest BCUT2D eigenvalue weighted by Crippen LogP contribution is 2.63. The fourth-order valence-corrected chi connectivity index (χ4v) is 14.1. The van der Waals surface area contributed by atoms with E-state index >= 15 is 0 Å². The minimum absolute atomic E-state index is 0.529. The van der Waals surface area contributed by atoms with Gasteiger partial charge in [-0.2, -0.15) is 0 Å².